The molecule has 1 heterocycles. The number of carbonyl (C=O) groups is 3. The minimum atomic E-state index is -0.668. The van der Waals surface area contributed by atoms with Crippen LogP contribution in [-0.4, -0.2) is 35.9 Å². The third-order valence-corrected chi connectivity index (χ3v) is 5.76. The van der Waals surface area contributed by atoms with Gasteiger partial charge in [0.2, 0.25) is 0 Å². The number of aromatic amines is 1. The predicted molar refractivity (Wildman–Crippen MR) is 113 cm³/mol. The second-order valence-electron chi connectivity index (χ2n) is 7.80. The Labute approximate surface area is 177 Å². The topological polar surface area (TPSA) is 85.5 Å². The van der Waals surface area contributed by atoms with E-state index < -0.39 is 11.9 Å². The molecule has 0 spiro atoms. The second-order valence-corrected chi connectivity index (χ2v) is 7.80. The Morgan fingerprint density at radius 2 is 1.63 bits per heavy atom. The molecule has 0 aliphatic heterocycles. The highest BCUT2D eigenvalue weighted by molar-refractivity contribution is 6.01. The molecule has 0 atom stereocenters. The van der Waals surface area contributed by atoms with Gasteiger partial charge in [0.25, 0.3) is 0 Å². The molecule has 0 saturated heterocycles. The number of Topliss-reactive ketones (excluding diaryl/α,β-unsaturated/α-hetero) is 1. The minimum Gasteiger partial charge on any atom is -0.462 e. The number of hydrogen-bond donors (Lipinski definition) is 1. The zero-order chi connectivity index (χ0) is 21.7. The SMILES string of the molecule is CCOC(=O)c1c(C)[nH]c(C(=O)OCC(=O)c2ccc(C3CCCCC3)cc2)c1C. The van der Waals surface area contributed by atoms with Gasteiger partial charge < -0.3 is 14.5 Å². The molecule has 160 valence electrons. The molecule has 3 rings (SSSR count). The number of hydrogen-bond acceptors (Lipinski definition) is 5. The Morgan fingerprint density at radius 1 is 0.967 bits per heavy atom. The lowest BCUT2D eigenvalue weighted by atomic mass is 9.84. The van der Waals surface area contributed by atoms with Crippen LogP contribution in [0.25, 0.3) is 0 Å². The van der Waals surface area contributed by atoms with Gasteiger partial charge in [-0.05, 0) is 50.7 Å². The van der Waals surface area contributed by atoms with Crippen molar-refractivity contribution in [1.29, 1.82) is 0 Å². The average molecular weight is 411 g/mol. The molecule has 1 N–H and O–H groups in total. The highest BCUT2D eigenvalue weighted by Gasteiger charge is 2.24. The van der Waals surface area contributed by atoms with Crippen LogP contribution in [0.4, 0.5) is 0 Å². The molecule has 0 amide bonds. The normalized spacial score (nSPS) is 14.4. The lowest BCUT2D eigenvalue weighted by molar-refractivity contribution is 0.0468. The lowest BCUT2D eigenvalue weighted by Gasteiger charge is -2.22. The van der Waals surface area contributed by atoms with Crippen LogP contribution in [0.1, 0.15) is 93.0 Å². The number of aromatic nitrogens is 1. The number of carbonyl (C=O) groups excluding carboxylic acids is 3. The van der Waals surface area contributed by atoms with Crippen LogP contribution < -0.4 is 0 Å². The third-order valence-electron chi connectivity index (χ3n) is 5.76. The van der Waals surface area contributed by atoms with Gasteiger partial charge in [-0.1, -0.05) is 43.5 Å². The number of H-pyrrole nitrogens is 1. The monoisotopic (exact) mass is 411 g/mol. The van der Waals surface area contributed by atoms with E-state index in [1.54, 1.807) is 20.8 Å². The van der Waals surface area contributed by atoms with Crippen molar-refractivity contribution in [3.05, 3.63) is 57.9 Å². The minimum absolute atomic E-state index is 0.163. The summed E-state index contributed by atoms with van der Waals surface area (Å²) < 4.78 is 10.2. The van der Waals surface area contributed by atoms with Crippen molar-refractivity contribution in [3.63, 3.8) is 0 Å². The van der Waals surface area contributed by atoms with E-state index >= 15 is 0 Å². The van der Waals surface area contributed by atoms with Crippen molar-refractivity contribution in [3.8, 4) is 0 Å². The Bertz CT molecular complexity index is 920. The van der Waals surface area contributed by atoms with Gasteiger partial charge in [0.1, 0.15) is 5.69 Å². The zero-order valence-corrected chi connectivity index (χ0v) is 17.9. The molecule has 1 aromatic carbocycles. The molecule has 1 aliphatic carbocycles. The summed E-state index contributed by atoms with van der Waals surface area (Å²) in [5.74, 6) is -0.839. The van der Waals surface area contributed by atoms with Crippen LogP contribution in [0.2, 0.25) is 0 Å². The Balaban J connectivity index is 1.61. The lowest BCUT2D eigenvalue weighted by Crippen LogP contribution is -2.15. The van der Waals surface area contributed by atoms with Crippen LogP contribution in [0.5, 0.6) is 0 Å². The molecule has 0 radical (unpaired) electrons. The van der Waals surface area contributed by atoms with Crippen molar-refractivity contribution >= 4 is 17.7 Å². The number of nitrogens with one attached hydrogen (secondary N) is 1. The molecule has 30 heavy (non-hydrogen) atoms. The van der Waals surface area contributed by atoms with E-state index in [0.717, 1.165) is 0 Å². The van der Waals surface area contributed by atoms with Gasteiger partial charge in [0.15, 0.2) is 12.4 Å². The predicted octanol–water partition coefficient (Wildman–Crippen LogP) is 4.90. The molecular weight excluding hydrogens is 382 g/mol. The molecule has 1 fully saturated rings. The summed E-state index contributed by atoms with van der Waals surface area (Å²) in [6, 6.07) is 7.64. The first-order valence-corrected chi connectivity index (χ1v) is 10.6. The summed E-state index contributed by atoms with van der Waals surface area (Å²) in [6.07, 6.45) is 6.23. The first-order valence-electron chi connectivity index (χ1n) is 10.6. The number of benzene rings is 1. The van der Waals surface area contributed by atoms with Crippen molar-refractivity contribution in [2.24, 2.45) is 0 Å². The highest BCUT2D eigenvalue weighted by Crippen LogP contribution is 2.32. The number of aryl methyl sites for hydroxylation is 1. The maximum atomic E-state index is 12.5. The fraction of sp³-hybridized carbons (Fsp3) is 0.458. The zero-order valence-electron chi connectivity index (χ0n) is 17.9. The second kappa shape index (κ2) is 9.74. The summed E-state index contributed by atoms with van der Waals surface area (Å²) in [7, 11) is 0. The van der Waals surface area contributed by atoms with E-state index in [2.05, 4.69) is 4.98 Å². The van der Waals surface area contributed by atoms with E-state index in [1.165, 1.54) is 37.7 Å². The quantitative estimate of drug-likeness (QED) is 0.518. The van der Waals surface area contributed by atoms with Crippen molar-refractivity contribution in [1.82, 2.24) is 4.98 Å². The molecule has 1 aliphatic rings. The number of esters is 2. The first kappa shape index (κ1) is 21.8. The van der Waals surface area contributed by atoms with Gasteiger partial charge in [0.05, 0.1) is 12.2 Å². The maximum absolute atomic E-state index is 12.5. The molecular formula is C24H29NO5. The summed E-state index contributed by atoms with van der Waals surface area (Å²) >= 11 is 0. The number of ketones is 1. The fourth-order valence-corrected chi connectivity index (χ4v) is 4.13. The molecule has 6 heteroatoms. The Kier molecular flexibility index (Phi) is 7.08. The van der Waals surface area contributed by atoms with Crippen LogP contribution in [0, 0.1) is 13.8 Å². The van der Waals surface area contributed by atoms with Crippen LogP contribution in [0.15, 0.2) is 24.3 Å². The standard InChI is InChI=1S/C24H29NO5/c1-4-29-23(27)21-15(2)22(25-16(21)3)24(28)30-14-20(26)19-12-10-18(11-13-19)17-8-6-5-7-9-17/h10-13,17,25H,4-9,14H2,1-3H3. The van der Waals surface area contributed by atoms with E-state index in [1.807, 2.05) is 24.3 Å². The molecule has 6 nitrogen and oxygen atoms in total. The molecule has 2 aromatic rings. The van der Waals surface area contributed by atoms with Crippen LogP contribution in [-0.2, 0) is 9.47 Å². The molecule has 1 saturated carbocycles. The summed E-state index contributed by atoms with van der Waals surface area (Å²) in [5, 5.41) is 0. The summed E-state index contributed by atoms with van der Waals surface area (Å²) in [5.41, 5.74) is 3.27. The average Bonchev–Trinajstić information content (AvgIpc) is 3.06. The Morgan fingerprint density at radius 3 is 2.27 bits per heavy atom. The van der Waals surface area contributed by atoms with Crippen LogP contribution in [0.3, 0.4) is 0 Å². The van der Waals surface area contributed by atoms with Gasteiger partial charge >= 0.3 is 11.9 Å². The molecule has 1 aromatic heterocycles. The summed E-state index contributed by atoms with van der Waals surface area (Å²) in [4.78, 5) is 39.8. The smallest absolute Gasteiger partial charge is 0.355 e. The van der Waals surface area contributed by atoms with Gasteiger partial charge in [-0.3, -0.25) is 4.79 Å². The maximum Gasteiger partial charge on any atom is 0.355 e. The van der Waals surface area contributed by atoms with Crippen molar-refractivity contribution < 1.29 is 23.9 Å². The Hall–Kier alpha value is -2.89. The van der Waals surface area contributed by atoms with E-state index in [9.17, 15) is 14.4 Å². The molecule has 0 bridgehead atoms. The van der Waals surface area contributed by atoms with Crippen LogP contribution >= 0.6 is 0 Å². The van der Waals surface area contributed by atoms with E-state index in [0.29, 0.717) is 28.3 Å². The largest absolute Gasteiger partial charge is 0.462 e. The van der Waals surface area contributed by atoms with Gasteiger partial charge in [-0.25, -0.2) is 9.59 Å². The van der Waals surface area contributed by atoms with E-state index in [4.69, 9.17) is 9.47 Å². The fourth-order valence-electron chi connectivity index (χ4n) is 4.13. The first-order chi connectivity index (χ1) is 14.4. The highest BCUT2D eigenvalue weighted by atomic mass is 16.5. The third kappa shape index (κ3) is 4.81. The molecule has 0 unspecified atom stereocenters. The number of ether oxygens (including phenoxy) is 2. The van der Waals surface area contributed by atoms with Gasteiger partial charge in [0, 0.05) is 11.3 Å². The summed E-state index contributed by atoms with van der Waals surface area (Å²) in [6.45, 7) is 4.95. The van der Waals surface area contributed by atoms with Gasteiger partial charge in [-0.15, -0.1) is 0 Å². The van der Waals surface area contributed by atoms with Crippen molar-refractivity contribution in [2.45, 2.75) is 58.8 Å². The van der Waals surface area contributed by atoms with Gasteiger partial charge in [-0.2, -0.15) is 0 Å². The number of rotatable bonds is 7. The van der Waals surface area contributed by atoms with Crippen molar-refractivity contribution in [2.75, 3.05) is 13.2 Å². The van der Waals surface area contributed by atoms with E-state index in [-0.39, 0.29) is 24.7 Å².